The molecule has 0 saturated carbocycles. The average molecular weight is 247 g/mol. The molecule has 5 nitrogen and oxygen atoms in total. The molecule has 2 aromatic rings. The van der Waals surface area contributed by atoms with Crippen molar-refractivity contribution in [2.45, 2.75) is 32.9 Å². The molecule has 1 unspecified atom stereocenters. The largest absolute Gasteiger partial charge is 0.336 e. The highest BCUT2D eigenvalue weighted by Crippen LogP contribution is 2.18. The molecule has 1 atom stereocenters. The highest BCUT2D eigenvalue weighted by Gasteiger charge is 2.21. The molecule has 1 N–H and O–H groups in total. The van der Waals surface area contributed by atoms with Crippen LogP contribution in [0.1, 0.15) is 38.0 Å². The van der Waals surface area contributed by atoms with E-state index in [0.29, 0.717) is 0 Å². The molecule has 2 heterocycles. The minimum Gasteiger partial charge on any atom is -0.336 e. The van der Waals surface area contributed by atoms with Crippen molar-refractivity contribution in [2.24, 2.45) is 7.05 Å². The highest BCUT2D eigenvalue weighted by atomic mass is 15.2. The van der Waals surface area contributed by atoms with E-state index < -0.39 is 0 Å². The van der Waals surface area contributed by atoms with Crippen molar-refractivity contribution in [3.63, 3.8) is 0 Å². The Morgan fingerprint density at radius 2 is 1.89 bits per heavy atom. The summed E-state index contributed by atoms with van der Waals surface area (Å²) in [7, 11) is 2.02. The van der Waals surface area contributed by atoms with Gasteiger partial charge < -0.3 is 14.5 Å². The normalized spacial score (nSPS) is 12.8. The first-order valence-corrected chi connectivity index (χ1v) is 6.49. The summed E-state index contributed by atoms with van der Waals surface area (Å²) in [6.45, 7) is 6.16. The van der Waals surface area contributed by atoms with Crippen molar-refractivity contribution >= 4 is 0 Å². The van der Waals surface area contributed by atoms with Crippen LogP contribution >= 0.6 is 0 Å². The van der Waals surface area contributed by atoms with Crippen LogP contribution in [-0.2, 0) is 13.6 Å². The summed E-state index contributed by atoms with van der Waals surface area (Å²) in [4.78, 5) is 8.93. The van der Waals surface area contributed by atoms with Crippen molar-refractivity contribution in [1.82, 2.24) is 24.4 Å². The van der Waals surface area contributed by atoms with E-state index >= 15 is 0 Å². The lowest BCUT2D eigenvalue weighted by molar-refractivity contribution is 0.509. The van der Waals surface area contributed by atoms with E-state index in [1.54, 1.807) is 0 Å². The predicted octanol–water partition coefficient (Wildman–Crippen LogP) is 1.73. The van der Waals surface area contributed by atoms with Crippen LogP contribution in [-0.4, -0.2) is 25.6 Å². The summed E-state index contributed by atoms with van der Waals surface area (Å²) in [6.07, 6.45) is 8.75. The molecular weight excluding hydrogens is 226 g/mol. The first-order valence-electron chi connectivity index (χ1n) is 6.49. The zero-order valence-corrected chi connectivity index (χ0v) is 11.3. The van der Waals surface area contributed by atoms with Crippen molar-refractivity contribution in [2.75, 3.05) is 6.54 Å². The molecule has 5 heteroatoms. The maximum Gasteiger partial charge on any atom is 0.133 e. The molecule has 0 fully saturated rings. The number of nitrogens with zero attached hydrogens (tertiary/aromatic N) is 4. The van der Waals surface area contributed by atoms with Gasteiger partial charge in [-0.05, 0) is 19.9 Å². The van der Waals surface area contributed by atoms with Gasteiger partial charge in [0.05, 0.1) is 0 Å². The fourth-order valence-electron chi connectivity index (χ4n) is 2.09. The lowest BCUT2D eigenvalue weighted by Gasteiger charge is -2.18. The third-order valence-corrected chi connectivity index (χ3v) is 3.06. The van der Waals surface area contributed by atoms with Gasteiger partial charge in [0.2, 0.25) is 0 Å². The van der Waals surface area contributed by atoms with Crippen molar-refractivity contribution in [3.05, 3.63) is 36.4 Å². The maximum absolute atomic E-state index is 4.48. The van der Waals surface area contributed by atoms with Gasteiger partial charge >= 0.3 is 0 Å². The number of imidazole rings is 2. The summed E-state index contributed by atoms with van der Waals surface area (Å²) in [5.41, 5.74) is 0. The van der Waals surface area contributed by atoms with Crippen molar-refractivity contribution in [3.8, 4) is 0 Å². The van der Waals surface area contributed by atoms with Crippen LogP contribution < -0.4 is 5.32 Å². The molecule has 0 bridgehead atoms. The minimum atomic E-state index is 0.0555. The van der Waals surface area contributed by atoms with E-state index in [1.807, 2.05) is 36.4 Å². The number of aryl methyl sites for hydroxylation is 2. The minimum absolute atomic E-state index is 0.0555. The molecule has 0 spiro atoms. The van der Waals surface area contributed by atoms with Gasteiger partial charge in [0.15, 0.2) is 0 Å². The van der Waals surface area contributed by atoms with Gasteiger partial charge in [-0.25, -0.2) is 9.97 Å². The van der Waals surface area contributed by atoms with Crippen LogP contribution in [0, 0.1) is 0 Å². The molecule has 0 aliphatic rings. The first-order chi connectivity index (χ1) is 8.77. The van der Waals surface area contributed by atoms with E-state index in [9.17, 15) is 0 Å². The lowest BCUT2D eigenvalue weighted by Crippen LogP contribution is -2.28. The topological polar surface area (TPSA) is 47.7 Å². The van der Waals surface area contributed by atoms with E-state index in [1.165, 1.54) is 0 Å². The Morgan fingerprint density at radius 3 is 2.50 bits per heavy atom. The van der Waals surface area contributed by atoms with Gasteiger partial charge in [0.1, 0.15) is 17.7 Å². The van der Waals surface area contributed by atoms with Crippen molar-refractivity contribution in [1.29, 1.82) is 0 Å². The monoisotopic (exact) mass is 247 g/mol. The summed E-state index contributed by atoms with van der Waals surface area (Å²) in [5, 5.41) is 3.52. The number of hydrogen-bond donors (Lipinski definition) is 1. The van der Waals surface area contributed by atoms with Crippen molar-refractivity contribution < 1.29 is 0 Å². The fraction of sp³-hybridized carbons (Fsp3) is 0.538. The quantitative estimate of drug-likeness (QED) is 0.845. The lowest BCUT2D eigenvalue weighted by atomic mass is 10.2. The van der Waals surface area contributed by atoms with E-state index in [0.717, 1.165) is 31.2 Å². The van der Waals surface area contributed by atoms with Gasteiger partial charge in [-0.2, -0.15) is 0 Å². The summed E-state index contributed by atoms with van der Waals surface area (Å²) < 4.78 is 4.20. The summed E-state index contributed by atoms with van der Waals surface area (Å²) in [5.74, 6) is 2.03. The molecule has 2 rings (SSSR count). The molecule has 98 valence electrons. The van der Waals surface area contributed by atoms with Gasteiger partial charge in [0.25, 0.3) is 0 Å². The SMILES string of the molecule is CCCNC(c1nccn1C)c1nccn1CC. The van der Waals surface area contributed by atoms with E-state index in [4.69, 9.17) is 0 Å². The first kappa shape index (κ1) is 12.8. The molecule has 0 radical (unpaired) electrons. The van der Waals surface area contributed by atoms with Crippen LogP contribution in [0.5, 0.6) is 0 Å². The number of hydrogen-bond acceptors (Lipinski definition) is 3. The Morgan fingerprint density at radius 1 is 1.17 bits per heavy atom. The van der Waals surface area contributed by atoms with Gasteiger partial charge in [-0.3, -0.25) is 0 Å². The second-order valence-electron chi connectivity index (χ2n) is 4.35. The molecule has 2 aromatic heterocycles. The van der Waals surface area contributed by atoms with Crippen LogP contribution in [0.25, 0.3) is 0 Å². The number of rotatable bonds is 6. The maximum atomic E-state index is 4.48. The van der Waals surface area contributed by atoms with Crippen LogP contribution in [0.15, 0.2) is 24.8 Å². The summed E-state index contributed by atoms with van der Waals surface area (Å²) in [6, 6.07) is 0.0555. The van der Waals surface area contributed by atoms with Gasteiger partial charge in [0, 0.05) is 38.4 Å². The zero-order chi connectivity index (χ0) is 13.0. The van der Waals surface area contributed by atoms with Crippen LogP contribution in [0.4, 0.5) is 0 Å². The highest BCUT2D eigenvalue weighted by molar-refractivity contribution is 5.13. The Balaban J connectivity index is 2.34. The molecule has 0 aliphatic carbocycles. The average Bonchev–Trinajstić information content (AvgIpc) is 2.99. The zero-order valence-electron chi connectivity index (χ0n) is 11.3. The Bertz CT molecular complexity index is 485. The molecule has 18 heavy (non-hydrogen) atoms. The molecule has 0 aliphatic heterocycles. The molecule has 0 aromatic carbocycles. The third kappa shape index (κ3) is 2.46. The molecular formula is C13H21N5. The van der Waals surface area contributed by atoms with Gasteiger partial charge in [-0.15, -0.1) is 0 Å². The molecule has 0 amide bonds. The third-order valence-electron chi connectivity index (χ3n) is 3.06. The van der Waals surface area contributed by atoms with E-state index in [2.05, 4.69) is 33.7 Å². The number of nitrogens with one attached hydrogen (secondary N) is 1. The van der Waals surface area contributed by atoms with Crippen LogP contribution in [0.2, 0.25) is 0 Å². The molecule has 0 saturated heterocycles. The van der Waals surface area contributed by atoms with E-state index in [-0.39, 0.29) is 6.04 Å². The van der Waals surface area contributed by atoms with Gasteiger partial charge in [-0.1, -0.05) is 6.92 Å². The van der Waals surface area contributed by atoms with Crippen LogP contribution in [0.3, 0.4) is 0 Å². The second-order valence-corrected chi connectivity index (χ2v) is 4.35. The number of aromatic nitrogens is 4. The Kier molecular flexibility index (Phi) is 4.15. The smallest absolute Gasteiger partial charge is 0.133 e. The predicted molar refractivity (Wildman–Crippen MR) is 71.2 cm³/mol. The Hall–Kier alpha value is -1.62. The fourth-order valence-corrected chi connectivity index (χ4v) is 2.09. The summed E-state index contributed by atoms with van der Waals surface area (Å²) >= 11 is 0. The second kappa shape index (κ2) is 5.82. The Labute approximate surface area is 108 Å². The standard InChI is InChI=1S/C13H21N5/c1-4-6-14-11(12-15-7-9-17(12)3)13-16-8-10-18(13)5-2/h7-11,14H,4-6H2,1-3H3.